The van der Waals surface area contributed by atoms with Gasteiger partial charge in [-0.15, -0.1) is 0 Å². The minimum atomic E-state index is -1.18. The number of ether oxygens (including phenoxy) is 2. The first-order chi connectivity index (χ1) is 10.1. The third-order valence-corrected chi connectivity index (χ3v) is 2.85. The highest BCUT2D eigenvalue weighted by Crippen LogP contribution is 2.33. The lowest BCUT2D eigenvalue weighted by atomic mass is 10.2. The summed E-state index contributed by atoms with van der Waals surface area (Å²) in [4.78, 5) is 27.2. The monoisotopic (exact) mass is 290 g/mol. The Labute approximate surface area is 120 Å². The van der Waals surface area contributed by atoms with Gasteiger partial charge in [-0.25, -0.2) is 9.78 Å². The van der Waals surface area contributed by atoms with Gasteiger partial charge in [-0.1, -0.05) is 6.07 Å². The number of hydrogen-bond donors (Lipinski definition) is 1. The van der Waals surface area contributed by atoms with E-state index in [4.69, 9.17) is 9.47 Å². The lowest BCUT2D eigenvalue weighted by molar-refractivity contribution is 0.0693. The van der Waals surface area contributed by atoms with Crippen molar-refractivity contribution in [3.05, 3.63) is 46.5 Å². The number of para-hydroxylation sites is 1. The van der Waals surface area contributed by atoms with Gasteiger partial charge in [0.15, 0.2) is 11.5 Å². The highest BCUT2D eigenvalue weighted by molar-refractivity contribution is 5.92. The van der Waals surface area contributed by atoms with E-state index in [1.165, 1.54) is 36.2 Å². The summed E-state index contributed by atoms with van der Waals surface area (Å²) in [5.41, 5.74) is -0.551. The molecule has 0 saturated heterocycles. The van der Waals surface area contributed by atoms with Crippen LogP contribution in [-0.2, 0) is 6.54 Å². The van der Waals surface area contributed by atoms with E-state index in [-0.39, 0.29) is 22.9 Å². The second-order valence-corrected chi connectivity index (χ2v) is 4.07. The zero-order chi connectivity index (χ0) is 15.4. The average molecular weight is 290 g/mol. The van der Waals surface area contributed by atoms with Crippen LogP contribution in [0.2, 0.25) is 0 Å². The molecule has 21 heavy (non-hydrogen) atoms. The Morgan fingerprint density at radius 3 is 2.81 bits per heavy atom. The van der Waals surface area contributed by atoms with Gasteiger partial charge in [-0.05, 0) is 19.1 Å². The van der Waals surface area contributed by atoms with Crippen LogP contribution in [0.25, 0.3) is 0 Å². The first-order valence-electron chi connectivity index (χ1n) is 6.22. The van der Waals surface area contributed by atoms with Gasteiger partial charge in [-0.3, -0.25) is 4.79 Å². The molecule has 0 unspecified atom stereocenters. The van der Waals surface area contributed by atoms with Crippen molar-refractivity contribution in [3.63, 3.8) is 0 Å². The molecule has 2 aromatic rings. The number of aryl methyl sites for hydroxylation is 1. The van der Waals surface area contributed by atoms with E-state index >= 15 is 0 Å². The van der Waals surface area contributed by atoms with Crippen molar-refractivity contribution >= 4 is 5.97 Å². The molecule has 0 aliphatic heterocycles. The number of aromatic nitrogens is 2. The highest BCUT2D eigenvalue weighted by Gasteiger charge is 2.19. The van der Waals surface area contributed by atoms with Crippen molar-refractivity contribution in [2.45, 2.75) is 13.5 Å². The van der Waals surface area contributed by atoms with Crippen molar-refractivity contribution in [2.75, 3.05) is 7.11 Å². The Balaban J connectivity index is 2.54. The first-order valence-corrected chi connectivity index (χ1v) is 6.22. The molecule has 2 rings (SSSR count). The lowest BCUT2D eigenvalue weighted by Gasteiger charge is -2.12. The van der Waals surface area contributed by atoms with Crippen LogP contribution in [0.4, 0.5) is 0 Å². The lowest BCUT2D eigenvalue weighted by Crippen LogP contribution is -2.21. The molecule has 1 heterocycles. The maximum atomic E-state index is 12.1. The second kappa shape index (κ2) is 6.08. The van der Waals surface area contributed by atoms with Crippen molar-refractivity contribution in [1.29, 1.82) is 0 Å². The molecule has 1 aromatic carbocycles. The minimum absolute atomic E-state index is 0.0500. The molecule has 0 radical (unpaired) electrons. The summed E-state index contributed by atoms with van der Waals surface area (Å²) in [6.07, 6.45) is 2.94. The van der Waals surface area contributed by atoms with E-state index in [1.54, 1.807) is 13.0 Å². The number of benzene rings is 1. The van der Waals surface area contributed by atoms with Crippen LogP contribution in [0.5, 0.6) is 17.4 Å². The summed E-state index contributed by atoms with van der Waals surface area (Å²) < 4.78 is 11.9. The molecule has 0 amide bonds. The topological polar surface area (TPSA) is 90.7 Å². The van der Waals surface area contributed by atoms with E-state index in [2.05, 4.69) is 4.98 Å². The van der Waals surface area contributed by atoms with Crippen LogP contribution in [0.15, 0.2) is 35.4 Å². The van der Waals surface area contributed by atoms with Crippen LogP contribution >= 0.6 is 0 Å². The number of carboxylic acids is 1. The maximum absolute atomic E-state index is 12.1. The van der Waals surface area contributed by atoms with Crippen molar-refractivity contribution in [1.82, 2.24) is 9.55 Å². The fraction of sp³-hybridized carbons (Fsp3) is 0.214. The molecule has 0 aliphatic rings. The molecule has 7 heteroatoms. The smallest absolute Gasteiger partial charge is 0.339 e. The molecule has 1 N–H and O–H groups in total. The third-order valence-electron chi connectivity index (χ3n) is 2.85. The second-order valence-electron chi connectivity index (χ2n) is 4.07. The van der Waals surface area contributed by atoms with Crippen molar-refractivity contribution in [3.8, 4) is 17.4 Å². The van der Waals surface area contributed by atoms with Crippen LogP contribution in [0.3, 0.4) is 0 Å². The summed E-state index contributed by atoms with van der Waals surface area (Å²) in [7, 11) is 1.39. The van der Waals surface area contributed by atoms with Gasteiger partial charge in [0.1, 0.15) is 5.56 Å². The molecular formula is C14H14N2O5. The van der Waals surface area contributed by atoms with E-state index < -0.39 is 11.5 Å². The Hall–Kier alpha value is -2.83. The first kappa shape index (κ1) is 14.6. The Kier molecular flexibility index (Phi) is 4.22. The summed E-state index contributed by atoms with van der Waals surface area (Å²) in [5, 5.41) is 9.19. The van der Waals surface area contributed by atoms with Gasteiger partial charge in [0.25, 0.3) is 5.88 Å². The van der Waals surface area contributed by atoms with Crippen molar-refractivity contribution in [2.24, 2.45) is 0 Å². The molecule has 0 atom stereocenters. The van der Waals surface area contributed by atoms with Crippen LogP contribution in [-0.4, -0.2) is 27.7 Å². The Morgan fingerprint density at radius 2 is 2.19 bits per heavy atom. The number of hydrogen-bond acceptors (Lipinski definition) is 5. The molecule has 0 aliphatic carbocycles. The van der Waals surface area contributed by atoms with E-state index in [0.717, 1.165) is 0 Å². The van der Waals surface area contributed by atoms with Gasteiger partial charge in [0.2, 0.25) is 0 Å². The van der Waals surface area contributed by atoms with Gasteiger partial charge < -0.3 is 19.1 Å². The standard InChI is InChI=1S/C14H14N2O5/c1-3-16-8-7-15-12(13(16)17)21-11-9(14(18)19)5-4-6-10(11)20-2/h4-8H,3H2,1-2H3,(H,18,19). The zero-order valence-electron chi connectivity index (χ0n) is 11.6. The Morgan fingerprint density at radius 1 is 1.43 bits per heavy atom. The minimum Gasteiger partial charge on any atom is -0.493 e. The third kappa shape index (κ3) is 2.86. The predicted octanol–water partition coefficient (Wildman–Crippen LogP) is 1.76. The number of carbonyl (C=O) groups is 1. The molecule has 1 aromatic heterocycles. The fourth-order valence-corrected chi connectivity index (χ4v) is 1.79. The molecule has 0 fully saturated rings. The van der Waals surface area contributed by atoms with Crippen LogP contribution in [0, 0.1) is 0 Å². The number of nitrogens with zero attached hydrogens (tertiary/aromatic N) is 2. The normalized spacial score (nSPS) is 10.2. The van der Waals surface area contributed by atoms with Gasteiger partial charge in [0.05, 0.1) is 7.11 Å². The summed E-state index contributed by atoms with van der Waals surface area (Å²) in [6.45, 7) is 2.26. The summed E-state index contributed by atoms with van der Waals surface area (Å²) >= 11 is 0. The largest absolute Gasteiger partial charge is 0.493 e. The molecule has 7 nitrogen and oxygen atoms in total. The number of rotatable bonds is 5. The molecule has 0 saturated carbocycles. The van der Waals surface area contributed by atoms with Crippen molar-refractivity contribution < 1.29 is 19.4 Å². The Bertz CT molecular complexity index is 724. The van der Waals surface area contributed by atoms with Gasteiger partial charge in [0, 0.05) is 18.9 Å². The number of aromatic carboxylic acids is 1. The highest BCUT2D eigenvalue weighted by atomic mass is 16.5. The SMILES string of the molecule is CCn1ccnc(Oc2c(OC)cccc2C(=O)O)c1=O. The molecule has 0 spiro atoms. The molecular weight excluding hydrogens is 276 g/mol. The quantitative estimate of drug-likeness (QED) is 0.902. The van der Waals surface area contributed by atoms with E-state index in [0.29, 0.717) is 6.54 Å². The number of methoxy groups -OCH3 is 1. The zero-order valence-corrected chi connectivity index (χ0v) is 11.6. The van der Waals surface area contributed by atoms with Crippen LogP contribution < -0.4 is 15.0 Å². The van der Waals surface area contributed by atoms with E-state index in [9.17, 15) is 14.7 Å². The fourth-order valence-electron chi connectivity index (χ4n) is 1.79. The predicted molar refractivity (Wildman–Crippen MR) is 74.2 cm³/mol. The average Bonchev–Trinajstić information content (AvgIpc) is 2.49. The summed E-state index contributed by atoms with van der Waals surface area (Å²) in [5.74, 6) is -1.23. The molecule has 0 bridgehead atoms. The van der Waals surface area contributed by atoms with Gasteiger partial charge in [-0.2, -0.15) is 0 Å². The maximum Gasteiger partial charge on any atom is 0.339 e. The summed E-state index contributed by atoms with van der Waals surface area (Å²) in [6, 6.07) is 4.43. The van der Waals surface area contributed by atoms with E-state index in [1.807, 2.05) is 0 Å². The van der Waals surface area contributed by atoms with Crippen LogP contribution in [0.1, 0.15) is 17.3 Å². The molecule has 110 valence electrons. The number of carboxylic acid groups (broad SMARTS) is 1. The van der Waals surface area contributed by atoms with Gasteiger partial charge >= 0.3 is 11.5 Å².